The van der Waals surface area contributed by atoms with Crippen molar-refractivity contribution in [2.75, 3.05) is 13.2 Å². The molecular formula is C13H17N3O2. The number of nitrogens with two attached hydrogens (primary N) is 1. The van der Waals surface area contributed by atoms with E-state index in [0.717, 1.165) is 17.1 Å². The quantitative estimate of drug-likeness (QED) is 0.834. The van der Waals surface area contributed by atoms with E-state index in [1.165, 1.54) is 0 Å². The predicted molar refractivity (Wildman–Crippen MR) is 68.7 cm³/mol. The van der Waals surface area contributed by atoms with E-state index in [4.69, 9.17) is 15.6 Å². The summed E-state index contributed by atoms with van der Waals surface area (Å²) >= 11 is 0. The fourth-order valence-electron chi connectivity index (χ4n) is 1.81. The second kappa shape index (κ2) is 5.66. The molecule has 2 aromatic rings. The lowest BCUT2D eigenvalue weighted by Crippen LogP contribution is -2.18. The molecule has 1 heterocycles. The van der Waals surface area contributed by atoms with Crippen LogP contribution in [0, 0.1) is 0 Å². The molecule has 0 bridgehead atoms. The van der Waals surface area contributed by atoms with Crippen LogP contribution in [-0.2, 0) is 0 Å². The number of rotatable bonds is 5. The Labute approximate surface area is 106 Å². The fourth-order valence-corrected chi connectivity index (χ4v) is 1.81. The predicted octanol–water partition coefficient (Wildman–Crippen LogP) is 1.26. The van der Waals surface area contributed by atoms with Gasteiger partial charge in [0.1, 0.15) is 5.75 Å². The molecule has 0 aliphatic carbocycles. The highest BCUT2D eigenvalue weighted by molar-refractivity contribution is 5.47. The Kier molecular flexibility index (Phi) is 3.96. The molecule has 0 amide bonds. The highest BCUT2D eigenvalue weighted by Crippen LogP contribution is 2.25. The Morgan fingerprint density at radius 2 is 2.22 bits per heavy atom. The van der Waals surface area contributed by atoms with Crippen molar-refractivity contribution in [3.63, 3.8) is 0 Å². The van der Waals surface area contributed by atoms with Gasteiger partial charge in [-0.05, 0) is 19.1 Å². The third kappa shape index (κ3) is 2.37. The molecule has 1 unspecified atom stereocenters. The molecular weight excluding hydrogens is 230 g/mol. The van der Waals surface area contributed by atoms with Crippen molar-refractivity contribution in [3.05, 3.63) is 42.5 Å². The van der Waals surface area contributed by atoms with Gasteiger partial charge in [0.2, 0.25) is 0 Å². The lowest BCUT2D eigenvalue weighted by Gasteiger charge is -2.15. The summed E-state index contributed by atoms with van der Waals surface area (Å²) in [5.41, 5.74) is 7.47. The van der Waals surface area contributed by atoms with Crippen LogP contribution >= 0.6 is 0 Å². The first-order valence-corrected chi connectivity index (χ1v) is 5.88. The van der Waals surface area contributed by atoms with Crippen LogP contribution in [0.5, 0.6) is 5.75 Å². The molecule has 0 saturated heterocycles. The number of hydrogen-bond donors (Lipinski definition) is 2. The summed E-state index contributed by atoms with van der Waals surface area (Å²) in [6, 6.07) is 7.21. The molecule has 0 aliphatic heterocycles. The molecule has 1 atom stereocenters. The highest BCUT2D eigenvalue weighted by Gasteiger charge is 2.14. The average Bonchev–Trinajstić information content (AvgIpc) is 2.88. The summed E-state index contributed by atoms with van der Waals surface area (Å²) in [4.78, 5) is 4.09. The van der Waals surface area contributed by atoms with Gasteiger partial charge in [0.25, 0.3) is 0 Å². The maximum Gasteiger partial charge on any atom is 0.143 e. The zero-order valence-electron chi connectivity index (χ0n) is 10.3. The van der Waals surface area contributed by atoms with Gasteiger partial charge in [0.15, 0.2) is 0 Å². The number of aliphatic hydroxyl groups is 1. The molecule has 3 N–H and O–H groups in total. The fraction of sp³-hybridized carbons (Fsp3) is 0.308. The van der Waals surface area contributed by atoms with Gasteiger partial charge in [-0.3, -0.25) is 4.57 Å². The number of aromatic nitrogens is 2. The van der Waals surface area contributed by atoms with Crippen LogP contribution in [-0.4, -0.2) is 27.9 Å². The summed E-state index contributed by atoms with van der Waals surface area (Å²) in [5, 5.41) is 9.15. The summed E-state index contributed by atoms with van der Waals surface area (Å²) in [6.45, 7) is 2.40. The molecule has 18 heavy (non-hydrogen) atoms. The molecule has 5 heteroatoms. The van der Waals surface area contributed by atoms with Crippen molar-refractivity contribution in [3.8, 4) is 11.4 Å². The van der Waals surface area contributed by atoms with E-state index in [2.05, 4.69) is 4.98 Å². The Hall–Kier alpha value is -1.85. The number of imidazole rings is 1. The van der Waals surface area contributed by atoms with E-state index in [1.54, 1.807) is 12.5 Å². The number of para-hydroxylation sites is 2. The molecule has 0 spiro atoms. The molecule has 2 rings (SSSR count). The van der Waals surface area contributed by atoms with Gasteiger partial charge in [-0.25, -0.2) is 4.98 Å². The van der Waals surface area contributed by atoms with Gasteiger partial charge in [0, 0.05) is 0 Å². The van der Waals surface area contributed by atoms with Crippen LogP contribution < -0.4 is 10.5 Å². The molecule has 1 aromatic carbocycles. The third-order valence-corrected chi connectivity index (χ3v) is 2.67. The number of hydrogen-bond acceptors (Lipinski definition) is 4. The van der Waals surface area contributed by atoms with Crippen molar-refractivity contribution in [2.45, 2.75) is 13.0 Å². The van der Waals surface area contributed by atoms with Crippen LogP contribution in [0.2, 0.25) is 0 Å². The SMILES string of the molecule is CCOc1ccccc1-n1cncc1C(N)CO. The van der Waals surface area contributed by atoms with Crippen LogP contribution in [0.4, 0.5) is 0 Å². The molecule has 0 aliphatic rings. The molecule has 96 valence electrons. The van der Waals surface area contributed by atoms with Gasteiger partial charge in [-0.2, -0.15) is 0 Å². The normalized spacial score (nSPS) is 12.4. The zero-order chi connectivity index (χ0) is 13.0. The van der Waals surface area contributed by atoms with E-state index in [0.29, 0.717) is 6.61 Å². The van der Waals surface area contributed by atoms with Gasteiger partial charge in [-0.15, -0.1) is 0 Å². The van der Waals surface area contributed by atoms with Crippen LogP contribution in [0.15, 0.2) is 36.8 Å². The Bertz CT molecular complexity index is 510. The largest absolute Gasteiger partial charge is 0.492 e. The second-order valence-electron chi connectivity index (χ2n) is 3.88. The van der Waals surface area contributed by atoms with Crippen molar-refractivity contribution in [1.29, 1.82) is 0 Å². The highest BCUT2D eigenvalue weighted by atomic mass is 16.5. The average molecular weight is 247 g/mol. The van der Waals surface area contributed by atoms with Gasteiger partial charge < -0.3 is 15.6 Å². The monoisotopic (exact) mass is 247 g/mol. The van der Waals surface area contributed by atoms with Crippen molar-refractivity contribution in [2.24, 2.45) is 5.73 Å². The Balaban J connectivity index is 2.45. The topological polar surface area (TPSA) is 73.3 Å². The standard InChI is InChI=1S/C13H17N3O2/c1-2-18-13-6-4-3-5-11(13)16-9-15-7-12(16)10(14)8-17/h3-7,9-10,17H,2,8,14H2,1H3. The Morgan fingerprint density at radius 1 is 1.44 bits per heavy atom. The maximum absolute atomic E-state index is 9.15. The molecule has 0 fully saturated rings. The first-order chi connectivity index (χ1) is 8.77. The zero-order valence-corrected chi connectivity index (χ0v) is 10.3. The second-order valence-corrected chi connectivity index (χ2v) is 3.88. The van der Waals surface area contributed by atoms with Gasteiger partial charge in [0.05, 0.1) is 43.2 Å². The lowest BCUT2D eigenvalue weighted by atomic mass is 10.2. The number of aliphatic hydroxyl groups excluding tert-OH is 1. The Morgan fingerprint density at radius 3 is 2.94 bits per heavy atom. The minimum Gasteiger partial charge on any atom is -0.492 e. The van der Waals surface area contributed by atoms with Gasteiger partial charge in [-0.1, -0.05) is 12.1 Å². The maximum atomic E-state index is 9.15. The molecule has 1 aromatic heterocycles. The van der Waals surface area contributed by atoms with Crippen LogP contribution in [0.25, 0.3) is 5.69 Å². The minimum atomic E-state index is -0.456. The van der Waals surface area contributed by atoms with E-state index < -0.39 is 6.04 Å². The van der Waals surface area contributed by atoms with Crippen LogP contribution in [0.3, 0.4) is 0 Å². The molecule has 0 radical (unpaired) electrons. The van der Waals surface area contributed by atoms with Crippen molar-refractivity contribution in [1.82, 2.24) is 9.55 Å². The first-order valence-electron chi connectivity index (χ1n) is 5.88. The first kappa shape index (κ1) is 12.6. The van der Waals surface area contributed by atoms with E-state index in [9.17, 15) is 0 Å². The van der Waals surface area contributed by atoms with Crippen molar-refractivity contribution < 1.29 is 9.84 Å². The van der Waals surface area contributed by atoms with E-state index in [-0.39, 0.29) is 6.61 Å². The molecule has 0 saturated carbocycles. The smallest absolute Gasteiger partial charge is 0.143 e. The van der Waals surface area contributed by atoms with Crippen LogP contribution in [0.1, 0.15) is 18.7 Å². The summed E-state index contributed by atoms with van der Waals surface area (Å²) < 4.78 is 7.42. The number of ether oxygens (including phenoxy) is 1. The molecule has 5 nitrogen and oxygen atoms in total. The number of benzene rings is 1. The minimum absolute atomic E-state index is 0.123. The van der Waals surface area contributed by atoms with Crippen molar-refractivity contribution >= 4 is 0 Å². The van der Waals surface area contributed by atoms with E-state index in [1.807, 2.05) is 35.8 Å². The summed E-state index contributed by atoms with van der Waals surface area (Å²) in [5.74, 6) is 0.768. The lowest BCUT2D eigenvalue weighted by molar-refractivity contribution is 0.264. The number of nitrogens with zero attached hydrogens (tertiary/aromatic N) is 2. The summed E-state index contributed by atoms with van der Waals surface area (Å²) in [6.07, 6.45) is 3.33. The third-order valence-electron chi connectivity index (χ3n) is 2.67. The van der Waals surface area contributed by atoms with E-state index >= 15 is 0 Å². The summed E-state index contributed by atoms with van der Waals surface area (Å²) in [7, 11) is 0. The van der Waals surface area contributed by atoms with Gasteiger partial charge >= 0.3 is 0 Å².